The van der Waals surface area contributed by atoms with Gasteiger partial charge in [-0.2, -0.15) is 4.98 Å². The van der Waals surface area contributed by atoms with Gasteiger partial charge < -0.3 is 15.4 Å². The van der Waals surface area contributed by atoms with Crippen molar-refractivity contribution in [1.29, 1.82) is 0 Å². The van der Waals surface area contributed by atoms with Crippen LogP contribution in [0.15, 0.2) is 71.5 Å². The van der Waals surface area contributed by atoms with Gasteiger partial charge in [0.15, 0.2) is 5.82 Å². The number of hydrogen-bond donors (Lipinski definition) is 3. The second-order valence-corrected chi connectivity index (χ2v) is 7.42. The van der Waals surface area contributed by atoms with Gasteiger partial charge in [0, 0.05) is 12.2 Å². The van der Waals surface area contributed by atoms with Crippen molar-refractivity contribution in [2.24, 2.45) is 0 Å². The number of aliphatic hydroxyl groups excluding tert-OH is 1. The number of fused-ring (bicyclic) bond motifs is 1. The van der Waals surface area contributed by atoms with E-state index in [1.165, 1.54) is 0 Å². The SMILES string of the molecule is CCCn1c(=O)nc(N[C@@H](CO)Cc2ccccc2)c2[nH]c(-c3ccccc3)cc21. The smallest absolute Gasteiger partial charge is 0.350 e. The molecule has 1 atom stereocenters. The summed E-state index contributed by atoms with van der Waals surface area (Å²) in [4.78, 5) is 20.5. The van der Waals surface area contributed by atoms with Crippen LogP contribution in [0.1, 0.15) is 18.9 Å². The predicted octanol–water partition coefficient (Wildman–Crippen LogP) is 3.82. The molecule has 2 heterocycles. The van der Waals surface area contributed by atoms with Gasteiger partial charge in [-0.3, -0.25) is 4.57 Å². The standard InChI is InChI=1S/C24H26N4O2/c1-2-13-28-21-15-20(18-11-7-4-8-12-18)26-22(21)23(27-24(28)30)25-19(16-29)14-17-9-5-3-6-10-17/h3-12,15,19,26,29H,2,13-14,16H2,1H3,(H,25,27,30)/t19-/m1/s1. The highest BCUT2D eigenvalue weighted by Gasteiger charge is 2.17. The van der Waals surface area contributed by atoms with Crippen molar-refractivity contribution < 1.29 is 5.11 Å². The van der Waals surface area contributed by atoms with Crippen LogP contribution in [-0.4, -0.2) is 32.3 Å². The summed E-state index contributed by atoms with van der Waals surface area (Å²) in [6, 6.07) is 21.7. The molecule has 6 heteroatoms. The molecule has 154 valence electrons. The number of anilines is 1. The molecule has 0 aliphatic rings. The normalized spacial score (nSPS) is 12.2. The first-order valence-electron chi connectivity index (χ1n) is 10.3. The number of nitrogens with one attached hydrogen (secondary N) is 2. The fraction of sp³-hybridized carbons (Fsp3) is 0.250. The number of aromatic nitrogens is 3. The number of aryl methyl sites for hydroxylation is 1. The summed E-state index contributed by atoms with van der Waals surface area (Å²) in [6.07, 6.45) is 1.47. The maximum Gasteiger partial charge on any atom is 0.350 e. The fourth-order valence-corrected chi connectivity index (χ4v) is 3.72. The first kappa shape index (κ1) is 19.9. The summed E-state index contributed by atoms with van der Waals surface area (Å²) >= 11 is 0. The van der Waals surface area contributed by atoms with Gasteiger partial charge in [0.05, 0.1) is 18.2 Å². The third-order valence-electron chi connectivity index (χ3n) is 5.18. The monoisotopic (exact) mass is 402 g/mol. The van der Waals surface area contributed by atoms with Crippen LogP contribution in [-0.2, 0) is 13.0 Å². The highest BCUT2D eigenvalue weighted by atomic mass is 16.3. The van der Waals surface area contributed by atoms with Crippen molar-refractivity contribution in [2.75, 3.05) is 11.9 Å². The van der Waals surface area contributed by atoms with Crippen LogP contribution < -0.4 is 11.0 Å². The maximum atomic E-state index is 12.8. The third kappa shape index (κ3) is 4.14. The van der Waals surface area contributed by atoms with Crippen LogP contribution in [0.5, 0.6) is 0 Å². The van der Waals surface area contributed by atoms with Crippen LogP contribution >= 0.6 is 0 Å². The average Bonchev–Trinajstić information content (AvgIpc) is 3.23. The molecule has 4 aromatic rings. The number of aromatic amines is 1. The lowest BCUT2D eigenvalue weighted by Gasteiger charge is -2.18. The molecule has 6 nitrogen and oxygen atoms in total. The van der Waals surface area contributed by atoms with Crippen molar-refractivity contribution in [3.8, 4) is 11.3 Å². The van der Waals surface area contributed by atoms with Gasteiger partial charge in [-0.1, -0.05) is 67.6 Å². The molecule has 0 amide bonds. The molecule has 0 saturated carbocycles. The van der Waals surface area contributed by atoms with Crippen LogP contribution in [0.4, 0.5) is 5.82 Å². The van der Waals surface area contributed by atoms with E-state index in [2.05, 4.69) is 15.3 Å². The largest absolute Gasteiger partial charge is 0.394 e. The molecule has 0 unspecified atom stereocenters. The van der Waals surface area contributed by atoms with Gasteiger partial charge in [-0.05, 0) is 30.0 Å². The molecule has 0 fully saturated rings. The van der Waals surface area contributed by atoms with Crippen LogP contribution in [0, 0.1) is 0 Å². The molecule has 0 saturated heterocycles. The molecular formula is C24H26N4O2. The number of rotatable bonds is 8. The zero-order valence-corrected chi connectivity index (χ0v) is 17.0. The molecule has 0 spiro atoms. The van der Waals surface area contributed by atoms with E-state index in [0.29, 0.717) is 18.8 Å². The number of H-pyrrole nitrogens is 1. The van der Waals surface area contributed by atoms with E-state index in [1.54, 1.807) is 4.57 Å². The molecule has 2 aromatic heterocycles. The van der Waals surface area contributed by atoms with E-state index < -0.39 is 0 Å². The lowest BCUT2D eigenvalue weighted by Crippen LogP contribution is -2.30. The fourth-order valence-electron chi connectivity index (χ4n) is 3.72. The Hall–Kier alpha value is -3.38. The number of aliphatic hydroxyl groups is 1. The van der Waals surface area contributed by atoms with Gasteiger partial charge in [0.25, 0.3) is 0 Å². The second kappa shape index (κ2) is 8.97. The van der Waals surface area contributed by atoms with Crippen molar-refractivity contribution in [3.63, 3.8) is 0 Å². The average molecular weight is 402 g/mol. The Morgan fingerprint density at radius 3 is 2.47 bits per heavy atom. The third-order valence-corrected chi connectivity index (χ3v) is 5.18. The first-order chi connectivity index (χ1) is 14.7. The summed E-state index contributed by atoms with van der Waals surface area (Å²) in [6.45, 7) is 2.57. The van der Waals surface area contributed by atoms with Gasteiger partial charge in [-0.15, -0.1) is 0 Å². The van der Waals surface area contributed by atoms with Crippen molar-refractivity contribution in [3.05, 3.63) is 82.8 Å². The zero-order valence-electron chi connectivity index (χ0n) is 17.0. The minimum absolute atomic E-state index is 0.0671. The molecule has 2 aromatic carbocycles. The highest BCUT2D eigenvalue weighted by molar-refractivity contribution is 5.90. The second-order valence-electron chi connectivity index (χ2n) is 7.42. The Kier molecular flexibility index (Phi) is 5.95. The minimum Gasteiger partial charge on any atom is -0.394 e. The molecule has 0 bridgehead atoms. The summed E-state index contributed by atoms with van der Waals surface area (Å²) < 4.78 is 1.70. The molecule has 4 rings (SSSR count). The van der Waals surface area contributed by atoms with Crippen LogP contribution in [0.2, 0.25) is 0 Å². The summed E-state index contributed by atoms with van der Waals surface area (Å²) in [5.74, 6) is 0.472. The van der Waals surface area contributed by atoms with Gasteiger partial charge in [-0.25, -0.2) is 4.79 Å². The minimum atomic E-state index is -0.290. The molecule has 3 N–H and O–H groups in total. The predicted molar refractivity (Wildman–Crippen MR) is 121 cm³/mol. The van der Waals surface area contributed by atoms with E-state index >= 15 is 0 Å². The van der Waals surface area contributed by atoms with Crippen LogP contribution in [0.25, 0.3) is 22.3 Å². The van der Waals surface area contributed by atoms with E-state index in [0.717, 1.165) is 34.3 Å². The van der Waals surface area contributed by atoms with Gasteiger partial charge in [0.2, 0.25) is 0 Å². The topological polar surface area (TPSA) is 82.9 Å². The Morgan fingerprint density at radius 2 is 1.80 bits per heavy atom. The lowest BCUT2D eigenvalue weighted by atomic mass is 10.1. The van der Waals surface area contributed by atoms with Crippen molar-refractivity contribution >= 4 is 16.9 Å². The first-order valence-corrected chi connectivity index (χ1v) is 10.3. The molecular weight excluding hydrogens is 376 g/mol. The van der Waals surface area contributed by atoms with E-state index in [9.17, 15) is 9.90 Å². The quantitative estimate of drug-likeness (QED) is 0.418. The molecule has 0 aliphatic carbocycles. The molecule has 30 heavy (non-hydrogen) atoms. The van der Waals surface area contributed by atoms with E-state index in [1.807, 2.05) is 73.7 Å². The molecule has 0 aliphatic heterocycles. The zero-order chi connectivity index (χ0) is 20.9. The van der Waals surface area contributed by atoms with Crippen LogP contribution in [0.3, 0.4) is 0 Å². The maximum absolute atomic E-state index is 12.8. The molecule has 0 radical (unpaired) electrons. The number of nitrogens with zero attached hydrogens (tertiary/aromatic N) is 2. The van der Waals surface area contributed by atoms with Crippen molar-refractivity contribution in [2.45, 2.75) is 32.4 Å². The Balaban J connectivity index is 1.76. The number of hydrogen-bond acceptors (Lipinski definition) is 4. The van der Waals surface area contributed by atoms with E-state index in [-0.39, 0.29) is 18.3 Å². The van der Waals surface area contributed by atoms with E-state index in [4.69, 9.17) is 0 Å². The van der Waals surface area contributed by atoms with Gasteiger partial charge >= 0.3 is 5.69 Å². The van der Waals surface area contributed by atoms with Crippen molar-refractivity contribution in [1.82, 2.24) is 14.5 Å². The highest BCUT2D eigenvalue weighted by Crippen LogP contribution is 2.27. The Bertz CT molecular complexity index is 1170. The number of benzene rings is 2. The summed E-state index contributed by atoms with van der Waals surface area (Å²) in [7, 11) is 0. The summed E-state index contributed by atoms with van der Waals surface area (Å²) in [5.41, 5.74) is 4.37. The summed E-state index contributed by atoms with van der Waals surface area (Å²) in [5, 5.41) is 13.2. The Morgan fingerprint density at radius 1 is 1.10 bits per heavy atom. The Labute approximate surface area is 175 Å². The van der Waals surface area contributed by atoms with Gasteiger partial charge in [0.1, 0.15) is 5.52 Å². The lowest BCUT2D eigenvalue weighted by molar-refractivity contribution is 0.273.